The van der Waals surface area contributed by atoms with Gasteiger partial charge in [-0.2, -0.15) is 0 Å². The molecule has 0 saturated heterocycles. The number of hydrogen-bond donors (Lipinski definition) is 0. The zero-order chi connectivity index (χ0) is 42.9. The molecule has 8 aromatic carbocycles. The van der Waals surface area contributed by atoms with Gasteiger partial charge in [0.05, 0.1) is 11.0 Å². The number of fused-ring (bicyclic) bond motifs is 7. The maximum Gasteiger partial charge on any atom is 0.0651 e. The second-order valence-corrected chi connectivity index (χ2v) is 15.1. The van der Waals surface area contributed by atoms with E-state index in [1.165, 1.54) is 4.90 Å². The summed E-state index contributed by atoms with van der Waals surface area (Å²) >= 11 is 0. The maximum atomic E-state index is 9.87. The lowest BCUT2D eigenvalue weighted by molar-refractivity contribution is 0.660. The van der Waals surface area contributed by atoms with Crippen molar-refractivity contribution in [2.45, 2.75) is 38.5 Å². The van der Waals surface area contributed by atoms with Gasteiger partial charge >= 0.3 is 0 Å². The van der Waals surface area contributed by atoms with E-state index in [1.807, 2.05) is 103 Å². The highest BCUT2D eigenvalue weighted by Gasteiger charge is 2.38. The third-order valence-electron chi connectivity index (χ3n) is 11.4. The fourth-order valence-corrected chi connectivity index (χ4v) is 8.74. The molecular formula is C52H41N. The molecule has 0 N–H and O–H groups in total. The average molecular weight is 688 g/mol. The predicted octanol–water partition coefficient (Wildman–Crippen LogP) is 14.3. The number of rotatable bonds is 5. The number of benzene rings is 8. The van der Waals surface area contributed by atoms with Crippen LogP contribution >= 0.6 is 0 Å². The van der Waals surface area contributed by atoms with Crippen LogP contribution in [-0.4, -0.2) is 0 Å². The van der Waals surface area contributed by atoms with Crippen LogP contribution in [0.3, 0.4) is 0 Å². The average Bonchev–Trinajstić information content (AvgIpc) is 3.64. The summed E-state index contributed by atoms with van der Waals surface area (Å²) in [6, 6.07) is 38.7. The lowest BCUT2D eigenvalue weighted by atomic mass is 9.79. The molecule has 0 aliphatic heterocycles. The summed E-state index contributed by atoms with van der Waals surface area (Å²) in [4.78, 5) is 1.46. The van der Waals surface area contributed by atoms with E-state index in [2.05, 4.69) is 52.0 Å². The molecule has 10 rings (SSSR count). The summed E-state index contributed by atoms with van der Waals surface area (Å²) in [5, 5.41) is 1.85. The number of nitrogens with zero attached hydrogens (tertiary/aromatic N) is 1. The van der Waals surface area contributed by atoms with Gasteiger partial charge in [-0.3, -0.25) is 0 Å². The van der Waals surface area contributed by atoms with Crippen molar-refractivity contribution in [3.63, 3.8) is 0 Å². The fraction of sp³-hybridized carbons (Fsp3) is 0.115. The largest absolute Gasteiger partial charge is 0.310 e. The van der Waals surface area contributed by atoms with E-state index in [0.29, 0.717) is 16.8 Å². The van der Waals surface area contributed by atoms with Crippen LogP contribution in [0.25, 0.3) is 55.3 Å². The van der Waals surface area contributed by atoms with Gasteiger partial charge in [0.2, 0.25) is 0 Å². The molecular weight excluding hydrogens is 639 g/mol. The summed E-state index contributed by atoms with van der Waals surface area (Å²) in [5.74, 6) is 0. The highest BCUT2D eigenvalue weighted by Crippen LogP contribution is 2.53. The Morgan fingerprint density at radius 3 is 1.85 bits per heavy atom. The van der Waals surface area contributed by atoms with E-state index in [4.69, 9.17) is 1.37 Å². The minimum Gasteiger partial charge on any atom is -0.310 e. The first kappa shape index (κ1) is 24.1. The van der Waals surface area contributed by atoms with Crippen LogP contribution in [-0.2, 0) is 10.8 Å². The summed E-state index contributed by atoms with van der Waals surface area (Å²) in [6.07, 6.45) is 0. The molecule has 0 spiro atoms. The zero-order valence-corrected chi connectivity index (χ0v) is 30.1. The van der Waals surface area contributed by atoms with Crippen molar-refractivity contribution in [1.82, 2.24) is 0 Å². The van der Waals surface area contributed by atoms with Crippen molar-refractivity contribution >= 4 is 27.8 Å². The molecule has 0 aromatic heterocycles. The van der Waals surface area contributed by atoms with E-state index >= 15 is 0 Å². The molecule has 53 heavy (non-hydrogen) atoms. The molecule has 2 aliphatic rings. The normalized spacial score (nSPS) is 16.5. The van der Waals surface area contributed by atoms with Crippen LogP contribution in [0.4, 0.5) is 17.1 Å². The smallest absolute Gasteiger partial charge is 0.0651 e. The van der Waals surface area contributed by atoms with Gasteiger partial charge in [-0.05, 0) is 120 Å². The lowest BCUT2D eigenvalue weighted by Gasteiger charge is -2.29. The number of anilines is 3. The van der Waals surface area contributed by atoms with Gasteiger partial charge in [-0.15, -0.1) is 0 Å². The molecule has 254 valence electrons. The van der Waals surface area contributed by atoms with Crippen molar-refractivity contribution in [3.8, 4) is 44.5 Å². The van der Waals surface area contributed by atoms with Crippen molar-refractivity contribution in [3.05, 3.63) is 198 Å². The number of hydrogen-bond acceptors (Lipinski definition) is 1. The van der Waals surface area contributed by atoms with E-state index < -0.39 is 22.9 Å². The first-order valence-electron chi connectivity index (χ1n) is 22.1. The summed E-state index contributed by atoms with van der Waals surface area (Å²) in [6.45, 7) is 8.51. The van der Waals surface area contributed by atoms with Crippen molar-refractivity contribution in [2.24, 2.45) is 0 Å². The summed E-state index contributed by atoms with van der Waals surface area (Å²) in [5.41, 5.74) is 8.92. The first-order chi connectivity index (χ1) is 29.1. The molecule has 0 unspecified atom stereocenters. The van der Waals surface area contributed by atoms with E-state index in [9.17, 15) is 9.60 Å². The van der Waals surface area contributed by atoms with Crippen LogP contribution < -0.4 is 4.90 Å². The molecule has 8 aromatic rings. The standard InChI is InChI=1S/C52H41N/c1-51(2)47-21-9-7-17-43(47)45-30-29-41(33-49(45)51)53(40-16-11-15-37(32-40)38-24-23-34-13-5-6-14-36(34)31-38)39-27-25-35(26-28-39)42-19-12-20-46-44-18-8-10-22-48(44)52(3,4)50(42)46/h5-33H,1-4H3/i11D,15D,16D,25D,26D,27D,28D,32D. The molecule has 0 amide bonds. The molecule has 1 nitrogen and oxygen atoms in total. The highest BCUT2D eigenvalue weighted by atomic mass is 15.1. The molecule has 1 heteroatoms. The quantitative estimate of drug-likeness (QED) is 0.174. The topological polar surface area (TPSA) is 3.24 Å². The van der Waals surface area contributed by atoms with Crippen LogP contribution in [0.2, 0.25) is 0 Å². The van der Waals surface area contributed by atoms with Crippen LogP contribution in [0.15, 0.2) is 176 Å². The minimum absolute atomic E-state index is 0.108. The SMILES string of the molecule is [2H]c1c([2H])c(-c2ccc3ccccc3c2)c([2H])c(N(c2ccc3c(c2)C(C)(C)c2ccccc2-3)c2c([2H])c([2H])c(-c3cccc4c3C(C)(C)c3ccccc3-4)c([2H])c2[2H])c1[2H]. The van der Waals surface area contributed by atoms with Gasteiger partial charge in [0, 0.05) is 27.9 Å². The van der Waals surface area contributed by atoms with Gasteiger partial charge in [-0.1, -0.05) is 161 Å². The van der Waals surface area contributed by atoms with Crippen LogP contribution in [0, 0.1) is 0 Å². The second kappa shape index (κ2) is 11.7. The van der Waals surface area contributed by atoms with E-state index in [-0.39, 0.29) is 58.8 Å². The Morgan fingerprint density at radius 1 is 0.415 bits per heavy atom. The van der Waals surface area contributed by atoms with Crippen molar-refractivity contribution in [2.75, 3.05) is 4.90 Å². The molecule has 0 heterocycles. The van der Waals surface area contributed by atoms with Gasteiger partial charge in [0.1, 0.15) is 0 Å². The molecule has 0 radical (unpaired) electrons. The Morgan fingerprint density at radius 2 is 1.06 bits per heavy atom. The van der Waals surface area contributed by atoms with Crippen LogP contribution in [0.5, 0.6) is 0 Å². The monoisotopic (exact) mass is 687 g/mol. The molecule has 0 bridgehead atoms. The van der Waals surface area contributed by atoms with E-state index in [0.717, 1.165) is 55.3 Å². The molecule has 0 atom stereocenters. The molecule has 0 fully saturated rings. The van der Waals surface area contributed by atoms with Gasteiger partial charge in [0.15, 0.2) is 0 Å². The first-order valence-corrected chi connectivity index (χ1v) is 18.1. The van der Waals surface area contributed by atoms with Gasteiger partial charge in [-0.25, -0.2) is 0 Å². The molecule has 2 aliphatic carbocycles. The summed E-state index contributed by atoms with van der Waals surface area (Å²) < 4.78 is 76.7. The molecule has 0 saturated carbocycles. The third kappa shape index (κ3) is 4.84. The van der Waals surface area contributed by atoms with Gasteiger partial charge in [0.25, 0.3) is 0 Å². The Bertz CT molecular complexity index is 3170. The zero-order valence-electron chi connectivity index (χ0n) is 38.1. The Kier molecular flexibility index (Phi) is 5.31. The third-order valence-corrected chi connectivity index (χ3v) is 11.4. The fourth-order valence-electron chi connectivity index (χ4n) is 8.74. The van der Waals surface area contributed by atoms with Crippen LogP contribution in [0.1, 0.15) is 60.9 Å². The highest BCUT2D eigenvalue weighted by molar-refractivity contribution is 5.91. The predicted molar refractivity (Wildman–Crippen MR) is 225 cm³/mol. The Labute approximate surface area is 324 Å². The Hall–Kier alpha value is -6.18. The van der Waals surface area contributed by atoms with Crippen molar-refractivity contribution < 1.29 is 11.0 Å². The Balaban J connectivity index is 1.26. The van der Waals surface area contributed by atoms with Gasteiger partial charge < -0.3 is 4.90 Å². The lowest BCUT2D eigenvalue weighted by Crippen LogP contribution is -2.16. The second-order valence-electron chi connectivity index (χ2n) is 15.1. The maximum absolute atomic E-state index is 9.87. The van der Waals surface area contributed by atoms with Crippen molar-refractivity contribution in [1.29, 1.82) is 0 Å². The van der Waals surface area contributed by atoms with E-state index in [1.54, 1.807) is 0 Å². The minimum atomic E-state index is -0.493. The summed E-state index contributed by atoms with van der Waals surface area (Å²) in [7, 11) is 0.